The number of aromatic carboxylic acids is 1. The number of hydrogen-bond acceptors (Lipinski definition) is 5. The van der Waals surface area contributed by atoms with E-state index in [1.165, 1.54) is 37.6 Å². The molecule has 0 atom stereocenters. The Morgan fingerprint density at radius 3 is 2.85 bits per heavy atom. The molecule has 1 heterocycles. The minimum Gasteiger partial charge on any atom is -0.497 e. The predicted octanol–water partition coefficient (Wildman–Crippen LogP) is 2.25. The molecule has 2 aromatic rings. The monoisotopic (exact) mass is 277 g/mol. The average Bonchev–Trinajstić information content (AvgIpc) is 2.42. The summed E-state index contributed by atoms with van der Waals surface area (Å²) in [5.74, 6) is -1.34. The van der Waals surface area contributed by atoms with Crippen molar-refractivity contribution in [2.45, 2.75) is 0 Å². The summed E-state index contributed by atoms with van der Waals surface area (Å²) in [5, 5.41) is 11.7. The lowest BCUT2D eigenvalue weighted by Crippen LogP contribution is -2.07. The summed E-state index contributed by atoms with van der Waals surface area (Å²) in [7, 11) is 1.45. The van der Waals surface area contributed by atoms with E-state index in [4.69, 9.17) is 15.6 Å². The zero-order valence-corrected chi connectivity index (χ0v) is 10.6. The molecule has 1 aromatic carbocycles. The maximum absolute atomic E-state index is 13.7. The predicted molar refractivity (Wildman–Crippen MR) is 71.8 cm³/mol. The molecule has 0 saturated carbocycles. The van der Waals surface area contributed by atoms with Gasteiger partial charge in [0.2, 0.25) is 0 Å². The van der Waals surface area contributed by atoms with E-state index < -0.39 is 11.8 Å². The Bertz CT molecular complexity index is 661. The Kier molecular flexibility index (Phi) is 3.69. The van der Waals surface area contributed by atoms with E-state index in [1.807, 2.05) is 0 Å². The molecule has 0 radical (unpaired) electrons. The Balaban J connectivity index is 2.42. The highest BCUT2D eigenvalue weighted by molar-refractivity contribution is 5.95. The first-order valence-corrected chi connectivity index (χ1v) is 5.60. The van der Waals surface area contributed by atoms with Gasteiger partial charge in [0.25, 0.3) is 0 Å². The number of carbonyl (C=O) groups is 1. The standard InChI is InChI=1S/C13H12FN3O3/c1-20-8-2-3-10(14)11(5-8)17-12-9(13(18)19)4-7(15)6-16-12/h2-6H,15H2,1H3,(H,16,17)(H,18,19). The number of nitrogens with two attached hydrogens (primary N) is 1. The van der Waals surface area contributed by atoms with Gasteiger partial charge in [0.05, 0.1) is 24.7 Å². The van der Waals surface area contributed by atoms with Crippen LogP contribution in [0.3, 0.4) is 0 Å². The van der Waals surface area contributed by atoms with Crippen LogP contribution in [0, 0.1) is 5.82 Å². The number of anilines is 3. The van der Waals surface area contributed by atoms with Crippen molar-refractivity contribution in [2.75, 3.05) is 18.2 Å². The molecule has 7 heteroatoms. The van der Waals surface area contributed by atoms with Crippen molar-refractivity contribution in [3.05, 3.63) is 41.8 Å². The summed E-state index contributed by atoms with van der Waals surface area (Å²) >= 11 is 0. The highest BCUT2D eigenvalue weighted by Gasteiger charge is 2.14. The summed E-state index contributed by atoms with van der Waals surface area (Å²) in [6, 6.07) is 5.31. The lowest BCUT2D eigenvalue weighted by atomic mass is 10.2. The van der Waals surface area contributed by atoms with Gasteiger partial charge in [0, 0.05) is 6.07 Å². The molecule has 0 amide bonds. The number of carboxylic acids is 1. The topological polar surface area (TPSA) is 97.5 Å². The molecule has 4 N–H and O–H groups in total. The van der Waals surface area contributed by atoms with Gasteiger partial charge >= 0.3 is 5.97 Å². The van der Waals surface area contributed by atoms with E-state index in [2.05, 4.69) is 10.3 Å². The third-order valence-corrected chi connectivity index (χ3v) is 2.57. The number of hydrogen-bond donors (Lipinski definition) is 3. The molecule has 1 aromatic heterocycles. The van der Waals surface area contributed by atoms with E-state index in [9.17, 15) is 9.18 Å². The second-order valence-corrected chi connectivity index (χ2v) is 3.94. The van der Waals surface area contributed by atoms with Crippen molar-refractivity contribution >= 4 is 23.2 Å². The van der Waals surface area contributed by atoms with Crippen LogP contribution in [0.5, 0.6) is 5.75 Å². The van der Waals surface area contributed by atoms with Crippen LogP contribution in [0.1, 0.15) is 10.4 Å². The third-order valence-electron chi connectivity index (χ3n) is 2.57. The Morgan fingerprint density at radius 2 is 2.20 bits per heavy atom. The largest absolute Gasteiger partial charge is 0.497 e. The minimum absolute atomic E-state index is 0.00106. The Labute approximate surface area is 114 Å². The van der Waals surface area contributed by atoms with Crippen LogP contribution in [0.4, 0.5) is 21.6 Å². The summed E-state index contributed by atoms with van der Waals surface area (Å²) in [6.07, 6.45) is 1.28. The Hall–Kier alpha value is -2.83. The first-order valence-electron chi connectivity index (χ1n) is 5.60. The van der Waals surface area contributed by atoms with Crippen molar-refractivity contribution < 1.29 is 19.0 Å². The number of pyridine rings is 1. The van der Waals surface area contributed by atoms with Crippen LogP contribution in [0.15, 0.2) is 30.5 Å². The number of carboxylic acid groups (broad SMARTS) is 1. The van der Waals surface area contributed by atoms with Gasteiger partial charge in [-0.2, -0.15) is 0 Å². The Morgan fingerprint density at radius 1 is 1.45 bits per heavy atom. The smallest absolute Gasteiger partial charge is 0.339 e. The molecule has 0 aliphatic carbocycles. The van der Waals surface area contributed by atoms with Crippen LogP contribution in [0.2, 0.25) is 0 Å². The molecule has 0 bridgehead atoms. The highest BCUT2D eigenvalue weighted by Crippen LogP contribution is 2.26. The number of benzene rings is 1. The first kappa shape index (κ1) is 13.6. The van der Waals surface area contributed by atoms with Gasteiger partial charge in [-0.1, -0.05) is 0 Å². The molecule has 20 heavy (non-hydrogen) atoms. The van der Waals surface area contributed by atoms with Crippen LogP contribution >= 0.6 is 0 Å². The van der Waals surface area contributed by atoms with Crippen LogP contribution in [-0.2, 0) is 0 Å². The highest BCUT2D eigenvalue weighted by atomic mass is 19.1. The maximum atomic E-state index is 13.7. The van der Waals surface area contributed by atoms with Crippen LogP contribution in [0.25, 0.3) is 0 Å². The van der Waals surface area contributed by atoms with Gasteiger partial charge in [-0.3, -0.25) is 0 Å². The number of rotatable bonds is 4. The molecule has 0 aliphatic rings. The number of nitrogens with one attached hydrogen (secondary N) is 1. The molecule has 104 valence electrons. The average molecular weight is 277 g/mol. The molecule has 0 spiro atoms. The second-order valence-electron chi connectivity index (χ2n) is 3.94. The normalized spacial score (nSPS) is 10.1. The lowest BCUT2D eigenvalue weighted by molar-refractivity contribution is 0.0697. The van der Waals surface area contributed by atoms with E-state index in [0.29, 0.717) is 5.75 Å². The number of aromatic nitrogens is 1. The van der Waals surface area contributed by atoms with E-state index >= 15 is 0 Å². The summed E-state index contributed by atoms with van der Waals surface area (Å²) in [5.41, 5.74) is 5.61. The molecule has 0 unspecified atom stereocenters. The molecule has 6 nitrogen and oxygen atoms in total. The van der Waals surface area contributed by atoms with Gasteiger partial charge in [-0.05, 0) is 18.2 Å². The van der Waals surface area contributed by atoms with Crippen molar-refractivity contribution in [1.29, 1.82) is 0 Å². The summed E-state index contributed by atoms with van der Waals surface area (Å²) in [6.45, 7) is 0. The van der Waals surface area contributed by atoms with E-state index in [1.54, 1.807) is 0 Å². The molecule has 0 aliphatic heterocycles. The zero-order chi connectivity index (χ0) is 14.7. The van der Waals surface area contributed by atoms with Crippen LogP contribution < -0.4 is 15.8 Å². The number of halogens is 1. The van der Waals surface area contributed by atoms with Gasteiger partial charge in [0.1, 0.15) is 22.9 Å². The SMILES string of the molecule is COc1ccc(F)c(Nc2ncc(N)cc2C(=O)O)c1. The van der Waals surface area contributed by atoms with Gasteiger partial charge < -0.3 is 20.9 Å². The van der Waals surface area contributed by atoms with E-state index in [0.717, 1.165) is 0 Å². The van der Waals surface area contributed by atoms with Crippen molar-refractivity contribution in [3.63, 3.8) is 0 Å². The molecule has 0 fully saturated rings. The van der Waals surface area contributed by atoms with Crippen LogP contribution in [-0.4, -0.2) is 23.2 Å². The number of nitrogens with zero attached hydrogens (tertiary/aromatic N) is 1. The minimum atomic E-state index is -1.21. The van der Waals surface area contributed by atoms with E-state index in [-0.39, 0.29) is 22.8 Å². The number of methoxy groups -OCH3 is 1. The first-order chi connectivity index (χ1) is 9.51. The fourth-order valence-electron chi connectivity index (χ4n) is 1.60. The lowest BCUT2D eigenvalue weighted by Gasteiger charge is -2.11. The van der Waals surface area contributed by atoms with Crippen molar-refractivity contribution in [3.8, 4) is 5.75 Å². The van der Waals surface area contributed by atoms with Gasteiger partial charge in [-0.25, -0.2) is 14.2 Å². The maximum Gasteiger partial charge on any atom is 0.339 e. The fourth-order valence-corrected chi connectivity index (χ4v) is 1.60. The second kappa shape index (κ2) is 5.43. The third kappa shape index (κ3) is 2.77. The van der Waals surface area contributed by atoms with Crippen molar-refractivity contribution in [2.24, 2.45) is 0 Å². The molecule has 0 saturated heterocycles. The zero-order valence-electron chi connectivity index (χ0n) is 10.6. The number of ether oxygens (including phenoxy) is 1. The quantitative estimate of drug-likeness (QED) is 0.793. The fraction of sp³-hybridized carbons (Fsp3) is 0.0769. The summed E-state index contributed by atoms with van der Waals surface area (Å²) in [4.78, 5) is 15.0. The van der Waals surface area contributed by atoms with Gasteiger partial charge in [0.15, 0.2) is 0 Å². The molecular weight excluding hydrogens is 265 g/mol. The van der Waals surface area contributed by atoms with Crippen molar-refractivity contribution in [1.82, 2.24) is 4.98 Å². The summed E-state index contributed by atoms with van der Waals surface area (Å²) < 4.78 is 18.7. The number of nitrogen functional groups attached to an aromatic ring is 1. The molecular formula is C13H12FN3O3. The van der Waals surface area contributed by atoms with Gasteiger partial charge in [-0.15, -0.1) is 0 Å². The molecule has 2 rings (SSSR count).